The summed E-state index contributed by atoms with van der Waals surface area (Å²) in [4.78, 5) is 14.2. The molecule has 0 aliphatic carbocycles. The van der Waals surface area contributed by atoms with Crippen molar-refractivity contribution in [1.29, 1.82) is 0 Å². The van der Waals surface area contributed by atoms with Crippen LogP contribution < -0.4 is 4.90 Å². The summed E-state index contributed by atoms with van der Waals surface area (Å²) in [5.41, 5.74) is 1.73. The average molecular weight is 456 g/mol. The predicted octanol–water partition coefficient (Wildman–Crippen LogP) is 4.41. The summed E-state index contributed by atoms with van der Waals surface area (Å²) in [6.45, 7) is 2.14. The summed E-state index contributed by atoms with van der Waals surface area (Å²) in [5.74, 6) is 0.542. The molecular formula is C22H33NO5S2. The normalized spacial score (nSPS) is 18.4. The molecule has 2 atom stereocenters. The van der Waals surface area contributed by atoms with Gasteiger partial charge < -0.3 is 5.11 Å². The highest BCUT2D eigenvalue weighted by Crippen LogP contribution is 2.33. The first-order valence-corrected chi connectivity index (χ1v) is 13.2. The highest BCUT2D eigenvalue weighted by molar-refractivity contribution is 8.01. The number of hydrogen-bond acceptors (Lipinski definition) is 6. The van der Waals surface area contributed by atoms with Gasteiger partial charge in [0.25, 0.3) is 10.1 Å². The number of anilines is 1. The Morgan fingerprint density at radius 3 is 2.63 bits per heavy atom. The first kappa shape index (κ1) is 24.9. The maximum Gasteiger partial charge on any atom is 0.267 e. The van der Waals surface area contributed by atoms with Crippen molar-refractivity contribution in [3.63, 3.8) is 0 Å². The van der Waals surface area contributed by atoms with Crippen LogP contribution in [0.15, 0.2) is 36.4 Å². The van der Waals surface area contributed by atoms with Crippen LogP contribution in [0, 0.1) is 0 Å². The number of allylic oxidation sites excluding steroid dienone is 1. The second-order valence-corrected chi connectivity index (χ2v) is 10.4. The minimum atomic E-state index is -3.40. The molecule has 168 valence electrons. The van der Waals surface area contributed by atoms with Crippen LogP contribution in [-0.4, -0.2) is 43.4 Å². The maximum atomic E-state index is 12.4. The zero-order valence-corrected chi connectivity index (χ0v) is 19.5. The number of unbranched alkanes of at least 4 members (excludes halogenated alkanes) is 3. The summed E-state index contributed by atoms with van der Waals surface area (Å²) >= 11 is 1.61. The first-order chi connectivity index (χ1) is 14.4. The highest BCUT2D eigenvalue weighted by atomic mass is 32.2. The molecule has 1 aromatic carbocycles. The molecule has 1 fully saturated rings. The second kappa shape index (κ2) is 12.5. The van der Waals surface area contributed by atoms with Crippen molar-refractivity contribution in [3.05, 3.63) is 42.0 Å². The molecule has 0 saturated carbocycles. The molecule has 1 aliphatic rings. The van der Waals surface area contributed by atoms with Crippen LogP contribution in [0.25, 0.3) is 0 Å². The van der Waals surface area contributed by atoms with Crippen molar-refractivity contribution >= 4 is 33.5 Å². The van der Waals surface area contributed by atoms with E-state index in [9.17, 15) is 18.3 Å². The molecule has 1 saturated heterocycles. The number of benzene rings is 1. The van der Waals surface area contributed by atoms with E-state index in [-0.39, 0.29) is 17.0 Å². The van der Waals surface area contributed by atoms with Gasteiger partial charge in [0.2, 0.25) is 5.91 Å². The Balaban J connectivity index is 1.89. The third-order valence-corrected chi connectivity index (χ3v) is 7.61. The van der Waals surface area contributed by atoms with Crippen LogP contribution in [-0.2, 0) is 19.1 Å². The van der Waals surface area contributed by atoms with E-state index < -0.39 is 16.2 Å². The quantitative estimate of drug-likeness (QED) is 0.269. The highest BCUT2D eigenvalue weighted by Gasteiger charge is 2.32. The lowest BCUT2D eigenvalue weighted by molar-refractivity contribution is -0.115. The lowest BCUT2D eigenvalue weighted by Gasteiger charge is -2.23. The summed E-state index contributed by atoms with van der Waals surface area (Å²) in [7, 11) is -2.23. The van der Waals surface area contributed by atoms with E-state index in [4.69, 9.17) is 0 Å². The maximum absolute atomic E-state index is 12.4. The molecule has 1 aromatic rings. The summed E-state index contributed by atoms with van der Waals surface area (Å²) < 4.78 is 27.0. The van der Waals surface area contributed by atoms with Gasteiger partial charge in [-0.2, -0.15) is 8.42 Å². The molecule has 1 amide bonds. The zero-order chi connectivity index (χ0) is 22.0. The second-order valence-electron chi connectivity index (χ2n) is 7.41. The fourth-order valence-electron chi connectivity index (χ4n) is 3.36. The van der Waals surface area contributed by atoms with Gasteiger partial charge in [-0.25, -0.2) is 0 Å². The Morgan fingerprint density at radius 1 is 1.23 bits per heavy atom. The summed E-state index contributed by atoms with van der Waals surface area (Å²) in [5, 5.41) is 10.3. The van der Waals surface area contributed by atoms with Gasteiger partial charge in [-0.05, 0) is 43.4 Å². The van der Waals surface area contributed by atoms with Crippen molar-refractivity contribution in [1.82, 2.24) is 0 Å². The molecule has 2 rings (SSSR count). The van der Waals surface area contributed by atoms with Gasteiger partial charge in [-0.1, -0.05) is 50.5 Å². The first-order valence-electron chi connectivity index (χ1n) is 10.5. The predicted molar refractivity (Wildman–Crippen MR) is 123 cm³/mol. The molecule has 1 heterocycles. The van der Waals surface area contributed by atoms with Gasteiger partial charge in [-0.15, -0.1) is 11.8 Å². The molecule has 6 nitrogen and oxygen atoms in total. The van der Waals surface area contributed by atoms with Crippen molar-refractivity contribution in [2.75, 3.05) is 23.5 Å². The van der Waals surface area contributed by atoms with E-state index in [0.717, 1.165) is 36.9 Å². The van der Waals surface area contributed by atoms with Gasteiger partial charge >= 0.3 is 0 Å². The van der Waals surface area contributed by atoms with Crippen LogP contribution in [0.1, 0.15) is 63.5 Å². The number of hydrogen-bond donors (Lipinski definition) is 1. The summed E-state index contributed by atoms with van der Waals surface area (Å²) in [6, 6.07) is 7.64. The van der Waals surface area contributed by atoms with Crippen molar-refractivity contribution in [3.8, 4) is 0 Å². The average Bonchev–Trinajstić information content (AvgIpc) is 3.11. The molecule has 2 unspecified atom stereocenters. The number of carbonyl (C=O) groups is 1. The third kappa shape index (κ3) is 7.72. The number of nitrogens with zero attached hydrogens (tertiary/aromatic N) is 1. The number of aliphatic hydroxyl groups is 1. The molecule has 30 heavy (non-hydrogen) atoms. The van der Waals surface area contributed by atoms with Crippen LogP contribution in [0.3, 0.4) is 0 Å². The number of rotatable bonds is 13. The van der Waals surface area contributed by atoms with Crippen molar-refractivity contribution in [2.24, 2.45) is 0 Å². The topological polar surface area (TPSA) is 83.9 Å². The fraction of sp³-hybridized carbons (Fsp3) is 0.591. The van der Waals surface area contributed by atoms with E-state index in [1.54, 1.807) is 11.8 Å². The molecule has 0 aromatic heterocycles. The van der Waals surface area contributed by atoms with Gasteiger partial charge in [0.15, 0.2) is 0 Å². The van der Waals surface area contributed by atoms with E-state index in [1.165, 1.54) is 7.11 Å². The Bertz CT molecular complexity index is 792. The number of amides is 1. The molecule has 0 bridgehead atoms. The van der Waals surface area contributed by atoms with Gasteiger partial charge in [0.05, 0.1) is 30.1 Å². The standard InChI is InChI=1S/C22H33NO5S2/c1-3-4-7-10-20(24)18-12-14-19(15-13-18)23-21(25)17-29-22(23)11-8-5-6-9-16-30(26,27)28-2/h5,8,12-15,20,22,24H,3-4,6-7,9-11,16-17H2,1-2H3. The fourth-order valence-corrected chi connectivity index (χ4v) is 5.16. The van der Waals surface area contributed by atoms with E-state index in [1.807, 2.05) is 41.3 Å². The van der Waals surface area contributed by atoms with Crippen molar-refractivity contribution < 1.29 is 22.5 Å². The van der Waals surface area contributed by atoms with E-state index >= 15 is 0 Å². The van der Waals surface area contributed by atoms with Gasteiger partial charge in [-0.3, -0.25) is 13.9 Å². The summed E-state index contributed by atoms with van der Waals surface area (Å²) in [6.07, 6.45) is 9.38. The number of thioether (sulfide) groups is 1. The Hall–Kier alpha value is -1.35. The Kier molecular flexibility index (Phi) is 10.4. The molecule has 1 N–H and O–H groups in total. The molecular weight excluding hydrogens is 422 g/mol. The smallest absolute Gasteiger partial charge is 0.267 e. The van der Waals surface area contributed by atoms with Gasteiger partial charge in [0.1, 0.15) is 0 Å². The Morgan fingerprint density at radius 2 is 1.97 bits per heavy atom. The lowest BCUT2D eigenvalue weighted by Crippen LogP contribution is -2.32. The van der Waals surface area contributed by atoms with Crippen LogP contribution in [0.5, 0.6) is 0 Å². The van der Waals surface area contributed by atoms with Crippen LogP contribution in [0.4, 0.5) is 5.69 Å². The molecule has 0 spiro atoms. The molecule has 1 aliphatic heterocycles. The number of aliphatic hydroxyl groups excluding tert-OH is 1. The zero-order valence-electron chi connectivity index (χ0n) is 17.8. The minimum Gasteiger partial charge on any atom is -0.388 e. The van der Waals surface area contributed by atoms with E-state index in [2.05, 4.69) is 11.1 Å². The molecule has 8 heteroatoms. The van der Waals surface area contributed by atoms with Crippen LogP contribution in [0.2, 0.25) is 0 Å². The SMILES string of the molecule is CCCCCC(O)c1ccc(N2C(=O)CSC2CC=CCCCS(=O)(=O)OC)cc1. The lowest BCUT2D eigenvalue weighted by atomic mass is 10.0. The van der Waals surface area contributed by atoms with Gasteiger partial charge in [0, 0.05) is 5.69 Å². The molecule has 0 radical (unpaired) electrons. The monoisotopic (exact) mass is 455 g/mol. The minimum absolute atomic E-state index is 0.00722. The van der Waals surface area contributed by atoms with E-state index in [0.29, 0.717) is 25.0 Å². The Labute approximate surface area is 184 Å². The largest absolute Gasteiger partial charge is 0.388 e. The third-order valence-electron chi connectivity index (χ3n) is 5.12. The number of carbonyl (C=O) groups excluding carboxylic acids is 1. The van der Waals surface area contributed by atoms with Crippen LogP contribution >= 0.6 is 11.8 Å². The van der Waals surface area contributed by atoms with Crippen molar-refractivity contribution in [2.45, 2.75) is 63.3 Å².